The Kier molecular flexibility index (Phi) is 8.68. The van der Waals surface area contributed by atoms with Gasteiger partial charge in [0.25, 0.3) is 0 Å². The number of hydrogen-bond donors (Lipinski definition) is 2. The molecule has 1 heterocycles. The van der Waals surface area contributed by atoms with Crippen LogP contribution in [0.25, 0.3) is 0 Å². The van der Waals surface area contributed by atoms with Gasteiger partial charge in [-0.25, -0.2) is 5.84 Å². The SMILES string of the molecule is CCOCCN(CCOCC)Cc1ccoc1C(=O)NN. The molecule has 0 atom stereocenters. The quantitative estimate of drug-likeness (QED) is 0.271. The molecule has 0 unspecified atom stereocenters. The summed E-state index contributed by atoms with van der Waals surface area (Å²) in [5.41, 5.74) is 2.88. The van der Waals surface area contributed by atoms with Crippen molar-refractivity contribution in [2.45, 2.75) is 20.4 Å². The summed E-state index contributed by atoms with van der Waals surface area (Å²) in [6.07, 6.45) is 1.49. The fourth-order valence-corrected chi connectivity index (χ4v) is 1.91. The Balaban J connectivity index is 2.61. The summed E-state index contributed by atoms with van der Waals surface area (Å²) in [6.45, 7) is 8.68. The number of furan rings is 1. The van der Waals surface area contributed by atoms with E-state index in [9.17, 15) is 4.79 Å². The van der Waals surface area contributed by atoms with Crippen molar-refractivity contribution >= 4 is 5.91 Å². The zero-order valence-corrected chi connectivity index (χ0v) is 12.8. The van der Waals surface area contributed by atoms with Gasteiger partial charge in [-0.1, -0.05) is 0 Å². The van der Waals surface area contributed by atoms with Crippen LogP contribution in [0.2, 0.25) is 0 Å². The monoisotopic (exact) mass is 299 g/mol. The lowest BCUT2D eigenvalue weighted by Crippen LogP contribution is -2.33. The molecule has 0 radical (unpaired) electrons. The maximum absolute atomic E-state index is 11.6. The van der Waals surface area contributed by atoms with E-state index in [1.165, 1.54) is 6.26 Å². The number of amides is 1. The summed E-state index contributed by atoms with van der Waals surface area (Å²) in [6, 6.07) is 1.78. The number of nitrogens with one attached hydrogen (secondary N) is 1. The lowest BCUT2D eigenvalue weighted by molar-refractivity contribution is 0.0791. The standard InChI is InChI=1S/C14H25N3O4/c1-3-19-9-6-17(7-10-20-4-2)11-12-5-8-21-13(12)14(18)16-15/h5,8H,3-4,6-7,9-11,15H2,1-2H3,(H,16,18). The number of carbonyl (C=O) groups excluding carboxylic acids is 1. The molecule has 7 heteroatoms. The molecular formula is C14H25N3O4. The number of hydrazine groups is 1. The minimum atomic E-state index is -0.426. The van der Waals surface area contributed by atoms with Gasteiger partial charge >= 0.3 is 5.91 Å². The summed E-state index contributed by atoms with van der Waals surface area (Å²) < 4.78 is 16.0. The minimum Gasteiger partial charge on any atom is -0.459 e. The van der Waals surface area contributed by atoms with Crippen LogP contribution in [-0.2, 0) is 16.0 Å². The Morgan fingerprint density at radius 1 is 1.29 bits per heavy atom. The average molecular weight is 299 g/mol. The highest BCUT2D eigenvalue weighted by Gasteiger charge is 2.16. The van der Waals surface area contributed by atoms with Gasteiger partial charge in [-0.05, 0) is 19.9 Å². The molecule has 1 amide bonds. The van der Waals surface area contributed by atoms with Gasteiger partial charge in [0.05, 0.1) is 19.5 Å². The van der Waals surface area contributed by atoms with Crippen molar-refractivity contribution in [1.82, 2.24) is 10.3 Å². The molecule has 7 nitrogen and oxygen atoms in total. The van der Waals surface area contributed by atoms with Crippen LogP contribution in [0, 0.1) is 0 Å². The summed E-state index contributed by atoms with van der Waals surface area (Å²) in [5.74, 6) is 4.97. The first kappa shape index (κ1) is 17.6. The van der Waals surface area contributed by atoms with E-state index in [1.54, 1.807) is 6.07 Å². The van der Waals surface area contributed by atoms with E-state index < -0.39 is 5.91 Å². The van der Waals surface area contributed by atoms with Crippen molar-refractivity contribution in [3.63, 3.8) is 0 Å². The van der Waals surface area contributed by atoms with Crippen LogP contribution in [0.1, 0.15) is 30.0 Å². The zero-order valence-electron chi connectivity index (χ0n) is 12.8. The topological polar surface area (TPSA) is 90.0 Å². The molecule has 1 aromatic heterocycles. The Labute approximate surface area is 125 Å². The Morgan fingerprint density at radius 2 is 1.90 bits per heavy atom. The molecule has 0 saturated heterocycles. The molecule has 3 N–H and O–H groups in total. The average Bonchev–Trinajstić information content (AvgIpc) is 2.95. The van der Waals surface area contributed by atoms with E-state index in [0.717, 1.165) is 18.7 Å². The second-order valence-corrected chi connectivity index (χ2v) is 4.42. The van der Waals surface area contributed by atoms with Crippen molar-refractivity contribution in [2.24, 2.45) is 5.84 Å². The molecule has 0 fully saturated rings. The van der Waals surface area contributed by atoms with Crippen LogP contribution in [0.5, 0.6) is 0 Å². The Morgan fingerprint density at radius 3 is 2.43 bits per heavy atom. The number of nitrogens with zero attached hydrogens (tertiary/aromatic N) is 1. The van der Waals surface area contributed by atoms with Crippen molar-refractivity contribution in [2.75, 3.05) is 39.5 Å². The molecule has 0 spiro atoms. The lowest BCUT2D eigenvalue weighted by atomic mass is 10.2. The molecule has 0 bridgehead atoms. The molecule has 0 aliphatic carbocycles. The highest BCUT2D eigenvalue weighted by Crippen LogP contribution is 2.13. The van der Waals surface area contributed by atoms with E-state index in [0.29, 0.717) is 33.0 Å². The van der Waals surface area contributed by atoms with Crippen molar-refractivity contribution in [3.05, 3.63) is 23.7 Å². The van der Waals surface area contributed by atoms with Crippen LogP contribution in [-0.4, -0.2) is 50.3 Å². The van der Waals surface area contributed by atoms with Gasteiger partial charge in [0.2, 0.25) is 0 Å². The predicted molar refractivity (Wildman–Crippen MR) is 78.6 cm³/mol. The van der Waals surface area contributed by atoms with E-state index in [-0.39, 0.29) is 5.76 Å². The molecule has 0 aliphatic rings. The van der Waals surface area contributed by atoms with Gasteiger partial charge in [-0.3, -0.25) is 15.1 Å². The van der Waals surface area contributed by atoms with Gasteiger partial charge in [0.1, 0.15) is 0 Å². The number of rotatable bonds is 11. The molecule has 0 aromatic carbocycles. The van der Waals surface area contributed by atoms with Crippen LogP contribution >= 0.6 is 0 Å². The summed E-state index contributed by atoms with van der Waals surface area (Å²) in [4.78, 5) is 13.8. The van der Waals surface area contributed by atoms with Gasteiger partial charge in [0.15, 0.2) is 5.76 Å². The van der Waals surface area contributed by atoms with Gasteiger partial charge in [0, 0.05) is 38.4 Å². The van der Waals surface area contributed by atoms with E-state index in [2.05, 4.69) is 10.3 Å². The van der Waals surface area contributed by atoms with Gasteiger partial charge in [-0.15, -0.1) is 0 Å². The first-order chi connectivity index (χ1) is 10.2. The van der Waals surface area contributed by atoms with Crippen LogP contribution in [0.3, 0.4) is 0 Å². The molecule has 21 heavy (non-hydrogen) atoms. The fourth-order valence-electron chi connectivity index (χ4n) is 1.91. The fraction of sp³-hybridized carbons (Fsp3) is 0.643. The lowest BCUT2D eigenvalue weighted by Gasteiger charge is -2.21. The molecule has 1 aromatic rings. The summed E-state index contributed by atoms with van der Waals surface area (Å²) >= 11 is 0. The largest absolute Gasteiger partial charge is 0.459 e. The summed E-state index contributed by atoms with van der Waals surface area (Å²) in [5, 5.41) is 0. The smallest absolute Gasteiger partial charge is 0.301 e. The van der Waals surface area contributed by atoms with Gasteiger partial charge < -0.3 is 13.9 Å². The molecule has 120 valence electrons. The molecule has 0 saturated carbocycles. The third kappa shape index (κ3) is 6.26. The Bertz CT molecular complexity index is 399. The third-order valence-corrected chi connectivity index (χ3v) is 2.99. The van der Waals surface area contributed by atoms with Crippen molar-refractivity contribution in [3.8, 4) is 0 Å². The Hall–Kier alpha value is -1.41. The minimum absolute atomic E-state index is 0.246. The molecule has 0 aliphatic heterocycles. The highest BCUT2D eigenvalue weighted by atomic mass is 16.5. The van der Waals surface area contributed by atoms with Crippen molar-refractivity contribution < 1.29 is 18.7 Å². The summed E-state index contributed by atoms with van der Waals surface area (Å²) in [7, 11) is 0. The predicted octanol–water partition coefficient (Wildman–Crippen LogP) is 0.758. The number of nitrogen functional groups attached to an aromatic ring is 1. The maximum Gasteiger partial charge on any atom is 0.301 e. The number of nitrogens with two attached hydrogens (primary N) is 1. The number of ether oxygens (including phenoxy) is 2. The van der Waals surface area contributed by atoms with Crippen LogP contribution in [0.15, 0.2) is 16.7 Å². The number of hydrogen-bond acceptors (Lipinski definition) is 6. The molecular weight excluding hydrogens is 274 g/mol. The van der Waals surface area contributed by atoms with E-state index in [1.807, 2.05) is 13.8 Å². The van der Waals surface area contributed by atoms with Crippen LogP contribution in [0.4, 0.5) is 0 Å². The van der Waals surface area contributed by atoms with E-state index >= 15 is 0 Å². The third-order valence-electron chi connectivity index (χ3n) is 2.99. The molecule has 1 rings (SSSR count). The first-order valence-electron chi connectivity index (χ1n) is 7.18. The normalized spacial score (nSPS) is 11.0. The first-order valence-corrected chi connectivity index (χ1v) is 7.18. The van der Waals surface area contributed by atoms with Gasteiger partial charge in [-0.2, -0.15) is 0 Å². The second-order valence-electron chi connectivity index (χ2n) is 4.42. The van der Waals surface area contributed by atoms with E-state index in [4.69, 9.17) is 19.7 Å². The van der Waals surface area contributed by atoms with Crippen LogP contribution < -0.4 is 11.3 Å². The highest BCUT2D eigenvalue weighted by molar-refractivity contribution is 5.92. The zero-order chi connectivity index (χ0) is 15.5. The second kappa shape index (κ2) is 10.3. The number of carbonyl (C=O) groups is 1. The van der Waals surface area contributed by atoms with Crippen molar-refractivity contribution in [1.29, 1.82) is 0 Å². The maximum atomic E-state index is 11.6.